The summed E-state index contributed by atoms with van der Waals surface area (Å²) >= 11 is 0. The van der Waals surface area contributed by atoms with Crippen LogP contribution in [0.15, 0.2) is 60.7 Å². The van der Waals surface area contributed by atoms with E-state index in [1.807, 2.05) is 60.7 Å². The summed E-state index contributed by atoms with van der Waals surface area (Å²) in [6.07, 6.45) is 4.87. The quantitative estimate of drug-likeness (QED) is 0.310. The molecule has 0 N–H and O–H groups in total. The normalized spacial score (nSPS) is 9.00. The molecule has 0 saturated heterocycles. The van der Waals surface area contributed by atoms with Gasteiger partial charge in [-0.2, -0.15) is 42.8 Å². The summed E-state index contributed by atoms with van der Waals surface area (Å²) in [4.78, 5) is 11.6. The predicted molar refractivity (Wildman–Crippen MR) is 84.5 cm³/mol. The number of benzene rings is 2. The molecule has 0 unspecified atom stereocenters. The van der Waals surface area contributed by atoms with Crippen LogP contribution in [-0.4, -0.2) is 5.78 Å². The second-order valence-electron chi connectivity index (χ2n) is 4.53. The molecule has 0 bridgehead atoms. The van der Waals surface area contributed by atoms with Gasteiger partial charge >= 0.3 is 19.5 Å². The van der Waals surface area contributed by atoms with Crippen molar-refractivity contribution in [1.29, 1.82) is 0 Å². The Morgan fingerprint density at radius 1 is 0.905 bits per heavy atom. The first kappa shape index (κ1) is 19.7. The van der Waals surface area contributed by atoms with Gasteiger partial charge < -0.3 is 6.92 Å². The Balaban J connectivity index is 0.000000480. The van der Waals surface area contributed by atoms with Gasteiger partial charge in [0.2, 0.25) is 0 Å². The standard InChI is InChI=1S/C13H17O.C6H5.Zn/c1-2-3-4-8-11-13(14)12-9-6-5-7-10-12;1-2-4-6-5-3-1;/h5-7,9-10H,1-4,8,11H2;1-5H;/q2*-1;+2. The van der Waals surface area contributed by atoms with E-state index in [0.29, 0.717) is 6.42 Å². The van der Waals surface area contributed by atoms with Gasteiger partial charge in [0.15, 0.2) is 5.78 Å². The molecule has 0 fully saturated rings. The minimum Gasteiger partial charge on any atom is -0.343 e. The minimum absolute atomic E-state index is 0. The van der Waals surface area contributed by atoms with E-state index in [1.54, 1.807) is 0 Å². The molecule has 0 amide bonds. The average Bonchev–Trinajstić information content (AvgIpc) is 2.54. The van der Waals surface area contributed by atoms with Crippen LogP contribution in [0.25, 0.3) is 0 Å². The van der Waals surface area contributed by atoms with E-state index in [-0.39, 0.29) is 25.3 Å². The number of ketones is 1. The zero-order valence-corrected chi connectivity index (χ0v) is 15.6. The van der Waals surface area contributed by atoms with Crippen molar-refractivity contribution < 1.29 is 24.3 Å². The Bertz CT molecular complexity index is 427. The van der Waals surface area contributed by atoms with Crippen molar-refractivity contribution in [3.8, 4) is 0 Å². The van der Waals surface area contributed by atoms with E-state index in [0.717, 1.165) is 31.2 Å². The van der Waals surface area contributed by atoms with E-state index >= 15 is 0 Å². The van der Waals surface area contributed by atoms with Crippen LogP contribution in [0.1, 0.15) is 42.5 Å². The first-order chi connectivity index (χ1) is 9.84. The number of Topliss-reactive ketones (excluding diaryl/α,β-unsaturated/α-hetero) is 1. The fourth-order valence-corrected chi connectivity index (χ4v) is 1.75. The van der Waals surface area contributed by atoms with E-state index in [2.05, 4.69) is 13.0 Å². The zero-order valence-electron chi connectivity index (χ0n) is 12.6. The third-order valence-electron chi connectivity index (χ3n) is 2.86. The summed E-state index contributed by atoms with van der Waals surface area (Å²) in [6, 6.07) is 22.0. The molecule has 0 radical (unpaired) electrons. The molecule has 0 aromatic heterocycles. The molecule has 106 valence electrons. The first-order valence-electron chi connectivity index (χ1n) is 7.13. The van der Waals surface area contributed by atoms with Gasteiger partial charge in [0.25, 0.3) is 0 Å². The number of hydrogen-bond donors (Lipinski definition) is 0. The van der Waals surface area contributed by atoms with Gasteiger partial charge in [0.1, 0.15) is 0 Å². The van der Waals surface area contributed by atoms with Crippen LogP contribution in [0, 0.1) is 13.0 Å². The van der Waals surface area contributed by atoms with Crippen LogP contribution >= 0.6 is 0 Å². The summed E-state index contributed by atoms with van der Waals surface area (Å²) in [5, 5.41) is 0. The number of carbonyl (C=O) groups is 1. The number of rotatable bonds is 6. The predicted octanol–water partition coefficient (Wildman–Crippen LogP) is 5.14. The topological polar surface area (TPSA) is 17.1 Å². The second kappa shape index (κ2) is 13.7. The molecule has 0 spiro atoms. The van der Waals surface area contributed by atoms with Gasteiger partial charge in [-0.15, -0.1) is 0 Å². The molecule has 21 heavy (non-hydrogen) atoms. The van der Waals surface area contributed by atoms with Crippen LogP contribution in [0.4, 0.5) is 0 Å². The average molecular weight is 332 g/mol. The summed E-state index contributed by atoms with van der Waals surface area (Å²) < 4.78 is 0. The van der Waals surface area contributed by atoms with Crippen LogP contribution in [0.2, 0.25) is 0 Å². The van der Waals surface area contributed by atoms with Gasteiger partial charge in [0, 0.05) is 12.0 Å². The van der Waals surface area contributed by atoms with Crippen molar-refractivity contribution in [1.82, 2.24) is 0 Å². The molecular weight excluding hydrogens is 310 g/mol. The maximum atomic E-state index is 11.6. The zero-order chi connectivity index (χ0) is 14.5. The van der Waals surface area contributed by atoms with Crippen LogP contribution in [-0.2, 0) is 19.5 Å². The molecule has 0 atom stereocenters. The van der Waals surface area contributed by atoms with Crippen molar-refractivity contribution >= 4 is 5.78 Å². The van der Waals surface area contributed by atoms with Crippen LogP contribution in [0.3, 0.4) is 0 Å². The Morgan fingerprint density at radius 3 is 2.00 bits per heavy atom. The smallest absolute Gasteiger partial charge is 0.343 e. The van der Waals surface area contributed by atoms with Crippen LogP contribution in [0.5, 0.6) is 0 Å². The molecule has 0 saturated carbocycles. The maximum absolute atomic E-state index is 11.6. The summed E-state index contributed by atoms with van der Waals surface area (Å²) in [6.45, 7) is 3.78. The van der Waals surface area contributed by atoms with Crippen LogP contribution < -0.4 is 0 Å². The van der Waals surface area contributed by atoms with Crippen molar-refractivity contribution in [2.24, 2.45) is 0 Å². The fourth-order valence-electron chi connectivity index (χ4n) is 1.75. The van der Waals surface area contributed by atoms with E-state index in [9.17, 15) is 4.79 Å². The van der Waals surface area contributed by atoms with E-state index in [1.165, 1.54) is 0 Å². The fraction of sp³-hybridized carbons (Fsp3) is 0.263. The molecule has 0 aliphatic carbocycles. The minimum atomic E-state index is 0. The third-order valence-corrected chi connectivity index (χ3v) is 2.86. The third kappa shape index (κ3) is 10.1. The molecule has 2 aromatic carbocycles. The summed E-state index contributed by atoms with van der Waals surface area (Å²) in [5.41, 5.74) is 0.835. The first-order valence-corrected chi connectivity index (χ1v) is 7.13. The Morgan fingerprint density at radius 2 is 1.52 bits per heavy atom. The number of hydrogen-bond acceptors (Lipinski definition) is 1. The summed E-state index contributed by atoms with van der Waals surface area (Å²) in [7, 11) is 0. The maximum Gasteiger partial charge on any atom is 2.00 e. The molecule has 2 aromatic rings. The van der Waals surface area contributed by atoms with Crippen molar-refractivity contribution in [2.45, 2.75) is 32.1 Å². The molecule has 2 rings (SSSR count). The van der Waals surface area contributed by atoms with E-state index < -0.39 is 0 Å². The Hall–Kier alpha value is -1.27. The molecule has 2 heteroatoms. The number of unbranched alkanes of at least 4 members (excludes halogenated alkanes) is 3. The van der Waals surface area contributed by atoms with Gasteiger partial charge in [-0.1, -0.05) is 43.2 Å². The van der Waals surface area contributed by atoms with Gasteiger partial charge in [0.05, 0.1) is 0 Å². The molecule has 0 heterocycles. The largest absolute Gasteiger partial charge is 2.00 e. The van der Waals surface area contributed by atoms with Gasteiger partial charge in [-0.3, -0.25) is 4.79 Å². The molecule has 0 aliphatic heterocycles. The number of carbonyl (C=O) groups excluding carboxylic acids is 1. The van der Waals surface area contributed by atoms with Crippen molar-refractivity contribution in [3.63, 3.8) is 0 Å². The SMILES string of the molecule is [CH2-]CCCCCC(=O)c1ccccc1.[Zn+2].[c-]1ccccc1. The van der Waals surface area contributed by atoms with E-state index in [4.69, 9.17) is 0 Å². The van der Waals surface area contributed by atoms with Crippen molar-refractivity contribution in [3.05, 3.63) is 79.2 Å². The second-order valence-corrected chi connectivity index (χ2v) is 4.53. The van der Waals surface area contributed by atoms with Gasteiger partial charge in [-0.25, -0.2) is 0 Å². The summed E-state index contributed by atoms with van der Waals surface area (Å²) in [5.74, 6) is 0.259. The molecule has 0 aliphatic rings. The van der Waals surface area contributed by atoms with Crippen molar-refractivity contribution in [2.75, 3.05) is 0 Å². The van der Waals surface area contributed by atoms with Gasteiger partial charge in [-0.05, 0) is 6.42 Å². The Kier molecular flexibility index (Phi) is 12.9. The molecular formula is C19H22OZn. The Labute approximate surface area is 141 Å². The molecule has 1 nitrogen and oxygen atoms in total. The monoisotopic (exact) mass is 330 g/mol.